The van der Waals surface area contributed by atoms with Gasteiger partial charge in [-0.25, -0.2) is 9.37 Å². The van der Waals surface area contributed by atoms with Gasteiger partial charge in [-0.1, -0.05) is 18.2 Å². The lowest BCUT2D eigenvalue weighted by molar-refractivity contribution is 0.0713. The van der Waals surface area contributed by atoms with Crippen LogP contribution in [0.25, 0.3) is 10.9 Å². The lowest BCUT2D eigenvalue weighted by atomic mass is 9.88. The molecule has 0 saturated carbocycles. The van der Waals surface area contributed by atoms with E-state index in [0.717, 1.165) is 11.1 Å². The van der Waals surface area contributed by atoms with Gasteiger partial charge in [-0.05, 0) is 48.1 Å². The number of carbonyl (C=O) groups is 2. The summed E-state index contributed by atoms with van der Waals surface area (Å²) in [6, 6.07) is 10.5. The number of methoxy groups -OCH3 is 1. The molecule has 3 N–H and O–H groups in total. The predicted molar refractivity (Wildman–Crippen MR) is 148 cm³/mol. The van der Waals surface area contributed by atoms with Gasteiger partial charge in [0.05, 0.1) is 29.6 Å². The summed E-state index contributed by atoms with van der Waals surface area (Å²) >= 11 is 0. The van der Waals surface area contributed by atoms with Crippen molar-refractivity contribution in [3.8, 4) is 0 Å². The zero-order valence-electron chi connectivity index (χ0n) is 21.6. The van der Waals surface area contributed by atoms with E-state index < -0.39 is 5.91 Å². The van der Waals surface area contributed by atoms with E-state index in [9.17, 15) is 14.0 Å². The number of nitrogens with two attached hydrogens (primary N) is 1. The molecule has 1 fully saturated rings. The van der Waals surface area contributed by atoms with Crippen LogP contribution in [0.2, 0.25) is 0 Å². The Bertz CT molecular complexity index is 1450. The second kappa shape index (κ2) is 12.4. The number of fused-ring (bicyclic) bond motifs is 1. The molecule has 2 amide bonds. The summed E-state index contributed by atoms with van der Waals surface area (Å²) in [5, 5.41) is 3.50. The zero-order valence-corrected chi connectivity index (χ0v) is 22.4. The second-order valence-corrected chi connectivity index (χ2v) is 9.37. The third kappa shape index (κ3) is 5.83. The van der Waals surface area contributed by atoms with Crippen LogP contribution in [0, 0.1) is 5.82 Å². The first-order valence-electron chi connectivity index (χ1n) is 12.6. The number of nitrogens with zero attached hydrogens (tertiary/aromatic N) is 3. The molecule has 0 atom stereocenters. The number of piperidine rings is 1. The van der Waals surface area contributed by atoms with Crippen LogP contribution in [0.3, 0.4) is 0 Å². The Kier molecular flexibility index (Phi) is 9.01. The lowest BCUT2D eigenvalue weighted by Crippen LogP contribution is -2.38. The Morgan fingerprint density at radius 1 is 1.23 bits per heavy atom. The Hall–Kier alpha value is -3.73. The lowest BCUT2D eigenvalue weighted by Gasteiger charge is -2.32. The molecule has 3 heterocycles. The quantitative estimate of drug-likeness (QED) is 0.329. The molecule has 206 valence electrons. The summed E-state index contributed by atoms with van der Waals surface area (Å²) in [6.45, 7) is 2.34. The summed E-state index contributed by atoms with van der Waals surface area (Å²) in [6.07, 6.45) is 5.63. The first-order valence-corrected chi connectivity index (χ1v) is 12.6. The van der Waals surface area contributed by atoms with Gasteiger partial charge in [-0.2, -0.15) is 0 Å². The molecule has 39 heavy (non-hydrogen) atoms. The second-order valence-electron chi connectivity index (χ2n) is 9.37. The highest BCUT2D eigenvalue weighted by Gasteiger charge is 2.29. The van der Waals surface area contributed by atoms with Gasteiger partial charge in [0.25, 0.3) is 11.8 Å². The number of aromatic nitrogens is 2. The van der Waals surface area contributed by atoms with Crippen LogP contribution in [0.15, 0.2) is 59.6 Å². The molecular formula is C28H31ClFN5O4. The SMILES string of the molecule is COCCn1cc(C(=O)N2CCC(c3cc(CN)ccc3F)CC2)c2c(NC(=O)c3cnco3)cccc21.Cl. The van der Waals surface area contributed by atoms with E-state index >= 15 is 0 Å². The number of rotatable bonds is 8. The molecule has 2 aromatic carbocycles. The molecule has 0 radical (unpaired) electrons. The summed E-state index contributed by atoms with van der Waals surface area (Å²) in [7, 11) is 1.62. The van der Waals surface area contributed by atoms with Crippen molar-refractivity contribution in [3.63, 3.8) is 0 Å². The number of ether oxygens (including phenoxy) is 1. The molecular weight excluding hydrogens is 525 g/mol. The fourth-order valence-corrected chi connectivity index (χ4v) is 5.10. The van der Waals surface area contributed by atoms with Crippen LogP contribution in [-0.2, 0) is 17.8 Å². The monoisotopic (exact) mass is 555 g/mol. The largest absolute Gasteiger partial charge is 0.438 e. The number of oxazole rings is 1. The Morgan fingerprint density at radius 3 is 2.72 bits per heavy atom. The Labute approximate surface area is 231 Å². The predicted octanol–water partition coefficient (Wildman–Crippen LogP) is 4.57. The average molecular weight is 556 g/mol. The summed E-state index contributed by atoms with van der Waals surface area (Å²) < 4.78 is 26.9. The van der Waals surface area contributed by atoms with E-state index in [4.69, 9.17) is 14.9 Å². The number of hydrogen-bond donors (Lipinski definition) is 2. The van der Waals surface area contributed by atoms with E-state index in [2.05, 4.69) is 10.3 Å². The van der Waals surface area contributed by atoms with E-state index in [1.54, 1.807) is 24.1 Å². The van der Waals surface area contributed by atoms with Crippen molar-refractivity contribution in [2.45, 2.75) is 31.8 Å². The molecule has 1 aliphatic heterocycles. The molecule has 1 saturated heterocycles. The van der Waals surface area contributed by atoms with Crippen LogP contribution in [0.5, 0.6) is 0 Å². The van der Waals surface area contributed by atoms with Gasteiger partial charge in [0.1, 0.15) is 5.82 Å². The number of benzene rings is 2. The minimum Gasteiger partial charge on any atom is -0.438 e. The molecule has 0 aliphatic carbocycles. The summed E-state index contributed by atoms with van der Waals surface area (Å²) in [5.41, 5.74) is 9.09. The van der Waals surface area contributed by atoms with Crippen LogP contribution in [0.1, 0.15) is 50.8 Å². The molecule has 5 rings (SSSR count). The van der Waals surface area contributed by atoms with E-state index in [1.807, 2.05) is 29.0 Å². The van der Waals surface area contributed by atoms with Gasteiger partial charge in [-0.15, -0.1) is 12.4 Å². The first kappa shape index (κ1) is 28.3. The maximum Gasteiger partial charge on any atom is 0.293 e. The molecule has 2 aromatic heterocycles. The fourth-order valence-electron chi connectivity index (χ4n) is 5.10. The number of nitrogens with one attached hydrogen (secondary N) is 1. The average Bonchev–Trinajstić information content (AvgIpc) is 3.61. The summed E-state index contributed by atoms with van der Waals surface area (Å²) in [5.74, 6) is -0.741. The smallest absolute Gasteiger partial charge is 0.293 e. The normalized spacial score (nSPS) is 13.9. The number of hydrogen-bond acceptors (Lipinski definition) is 6. The number of carbonyl (C=O) groups excluding carboxylic acids is 2. The molecule has 11 heteroatoms. The number of likely N-dealkylation sites (tertiary alicyclic amines) is 1. The zero-order chi connectivity index (χ0) is 26.6. The van der Waals surface area contributed by atoms with Crippen LogP contribution < -0.4 is 11.1 Å². The van der Waals surface area contributed by atoms with Crippen molar-refractivity contribution >= 4 is 40.8 Å². The minimum atomic E-state index is -0.458. The minimum absolute atomic E-state index is 0. The highest BCUT2D eigenvalue weighted by atomic mass is 35.5. The van der Waals surface area contributed by atoms with Gasteiger partial charge in [0.15, 0.2) is 6.39 Å². The van der Waals surface area contributed by atoms with Crippen molar-refractivity contribution in [1.82, 2.24) is 14.5 Å². The van der Waals surface area contributed by atoms with Crippen molar-refractivity contribution in [1.29, 1.82) is 0 Å². The van der Waals surface area contributed by atoms with Crippen molar-refractivity contribution in [2.75, 3.05) is 32.1 Å². The van der Waals surface area contributed by atoms with Gasteiger partial charge in [0, 0.05) is 44.9 Å². The number of anilines is 1. The highest BCUT2D eigenvalue weighted by molar-refractivity contribution is 6.15. The molecule has 4 aromatic rings. The van der Waals surface area contributed by atoms with Gasteiger partial charge < -0.3 is 29.7 Å². The molecule has 0 spiro atoms. The molecule has 9 nitrogen and oxygen atoms in total. The van der Waals surface area contributed by atoms with Gasteiger partial charge >= 0.3 is 0 Å². The van der Waals surface area contributed by atoms with Crippen LogP contribution in [0.4, 0.5) is 10.1 Å². The maximum absolute atomic E-state index is 14.6. The highest BCUT2D eigenvalue weighted by Crippen LogP contribution is 2.34. The van der Waals surface area contributed by atoms with Crippen molar-refractivity contribution < 1.29 is 23.1 Å². The molecule has 0 bridgehead atoms. The van der Waals surface area contributed by atoms with E-state index in [-0.39, 0.29) is 35.8 Å². The molecule has 0 unspecified atom stereocenters. The first-order chi connectivity index (χ1) is 18.5. The van der Waals surface area contributed by atoms with E-state index in [1.165, 1.54) is 18.7 Å². The summed E-state index contributed by atoms with van der Waals surface area (Å²) in [4.78, 5) is 32.1. The third-order valence-electron chi connectivity index (χ3n) is 7.10. The topological polar surface area (TPSA) is 116 Å². The Morgan fingerprint density at radius 2 is 2.03 bits per heavy atom. The van der Waals surface area contributed by atoms with Crippen LogP contribution in [-0.4, -0.2) is 53.1 Å². The van der Waals surface area contributed by atoms with Crippen molar-refractivity contribution in [3.05, 3.63) is 83.5 Å². The Balaban J connectivity index is 0.00000353. The number of halogens is 2. The van der Waals surface area contributed by atoms with Crippen molar-refractivity contribution in [2.24, 2.45) is 5.73 Å². The molecule has 1 aliphatic rings. The maximum atomic E-state index is 14.6. The number of amides is 2. The van der Waals surface area contributed by atoms with Gasteiger partial charge in [-0.3, -0.25) is 9.59 Å². The van der Waals surface area contributed by atoms with Crippen LogP contribution >= 0.6 is 12.4 Å². The standard InChI is InChI=1S/C28H30FN5O4.ClH/c1-37-12-11-34-16-21(26-23(3-2-4-24(26)34)32-27(35)25-15-31-17-38-25)28(36)33-9-7-19(8-10-33)20-13-18(14-30)5-6-22(20)29;/h2-6,13,15-17,19H,7-12,14,30H2,1H3,(H,32,35);1H. The van der Waals surface area contributed by atoms with Gasteiger partial charge in [0.2, 0.25) is 5.76 Å². The fraction of sp³-hybridized carbons (Fsp3) is 0.321. The van der Waals surface area contributed by atoms with E-state index in [0.29, 0.717) is 67.8 Å². The third-order valence-corrected chi connectivity index (χ3v) is 7.10.